The van der Waals surface area contributed by atoms with Gasteiger partial charge in [0.05, 0.1) is 0 Å². The lowest BCUT2D eigenvalue weighted by atomic mass is 10.0. The highest BCUT2D eigenvalue weighted by molar-refractivity contribution is 7.89. The molecule has 1 aromatic rings. The molecule has 0 N–H and O–H groups in total. The van der Waals surface area contributed by atoms with Crippen LogP contribution in [0.15, 0.2) is 24.3 Å². The van der Waals surface area contributed by atoms with Crippen molar-refractivity contribution in [1.82, 2.24) is 9.21 Å². The standard InChI is InChI=1S/C21H33N3O3S/c1-16(2)18(4)24(19-8-9-19)21(25)15-28(26,27)23-12-10-22(11-13-23)20-7-5-6-17(3)14-20/h5-7,14,16,18-19H,8-13,15H2,1-4H3. The van der Waals surface area contributed by atoms with E-state index in [1.54, 1.807) is 0 Å². The van der Waals surface area contributed by atoms with Crippen LogP contribution in [0.25, 0.3) is 0 Å². The van der Waals surface area contributed by atoms with Gasteiger partial charge in [-0.05, 0) is 50.3 Å². The van der Waals surface area contributed by atoms with E-state index in [1.807, 2.05) is 17.9 Å². The van der Waals surface area contributed by atoms with Gasteiger partial charge in [-0.1, -0.05) is 26.0 Å². The topological polar surface area (TPSA) is 60.9 Å². The molecule has 2 aliphatic rings. The number of hydrogen-bond acceptors (Lipinski definition) is 4. The van der Waals surface area contributed by atoms with E-state index in [0.29, 0.717) is 32.1 Å². The van der Waals surface area contributed by atoms with Crippen LogP contribution in [0.4, 0.5) is 5.69 Å². The molecule has 1 aromatic carbocycles. The number of aryl methyl sites for hydroxylation is 1. The van der Waals surface area contributed by atoms with Crippen LogP contribution in [0.3, 0.4) is 0 Å². The molecule has 1 aliphatic carbocycles. The summed E-state index contributed by atoms with van der Waals surface area (Å²) in [6, 6.07) is 8.54. The van der Waals surface area contributed by atoms with Crippen molar-refractivity contribution in [3.8, 4) is 0 Å². The summed E-state index contributed by atoms with van der Waals surface area (Å²) in [7, 11) is -3.59. The van der Waals surface area contributed by atoms with Gasteiger partial charge in [0.1, 0.15) is 5.75 Å². The van der Waals surface area contributed by atoms with Crippen LogP contribution in [-0.2, 0) is 14.8 Å². The van der Waals surface area contributed by atoms with Gasteiger partial charge in [-0.3, -0.25) is 4.79 Å². The highest BCUT2D eigenvalue weighted by Crippen LogP contribution is 2.31. The molecule has 0 radical (unpaired) electrons. The Morgan fingerprint density at radius 3 is 2.32 bits per heavy atom. The summed E-state index contributed by atoms with van der Waals surface area (Å²) in [5.41, 5.74) is 2.32. The van der Waals surface area contributed by atoms with Gasteiger partial charge >= 0.3 is 0 Å². The number of carbonyl (C=O) groups is 1. The third-order valence-corrected chi connectivity index (χ3v) is 7.70. The number of sulfonamides is 1. The monoisotopic (exact) mass is 407 g/mol. The van der Waals surface area contributed by atoms with Crippen LogP contribution < -0.4 is 4.90 Å². The Morgan fingerprint density at radius 1 is 1.14 bits per heavy atom. The van der Waals surface area contributed by atoms with E-state index >= 15 is 0 Å². The minimum Gasteiger partial charge on any atom is -0.369 e. The molecule has 1 unspecified atom stereocenters. The van der Waals surface area contributed by atoms with Crippen LogP contribution in [0.1, 0.15) is 39.2 Å². The lowest BCUT2D eigenvalue weighted by molar-refractivity contribution is -0.132. The molecule has 1 saturated carbocycles. The Kier molecular flexibility index (Phi) is 6.34. The summed E-state index contributed by atoms with van der Waals surface area (Å²) in [6.45, 7) is 10.4. The van der Waals surface area contributed by atoms with E-state index in [-0.39, 0.29) is 18.0 Å². The zero-order valence-corrected chi connectivity index (χ0v) is 18.3. The van der Waals surface area contributed by atoms with Crippen molar-refractivity contribution in [2.75, 3.05) is 36.8 Å². The Balaban J connectivity index is 1.61. The van der Waals surface area contributed by atoms with Crippen molar-refractivity contribution in [3.05, 3.63) is 29.8 Å². The van der Waals surface area contributed by atoms with Crippen molar-refractivity contribution in [3.63, 3.8) is 0 Å². The molecule has 0 bridgehead atoms. The Hall–Kier alpha value is -1.60. The molecule has 0 spiro atoms. The molecule has 6 nitrogen and oxygen atoms in total. The molecule has 1 amide bonds. The second kappa shape index (κ2) is 8.41. The largest absolute Gasteiger partial charge is 0.369 e. The van der Waals surface area contributed by atoms with Gasteiger partial charge in [-0.2, -0.15) is 4.31 Å². The molecule has 156 valence electrons. The zero-order valence-electron chi connectivity index (χ0n) is 17.5. The van der Waals surface area contributed by atoms with E-state index in [9.17, 15) is 13.2 Å². The Morgan fingerprint density at radius 2 is 1.79 bits per heavy atom. The quantitative estimate of drug-likeness (QED) is 0.697. The zero-order chi connectivity index (χ0) is 20.5. The number of carbonyl (C=O) groups excluding carboxylic acids is 1. The maximum Gasteiger partial charge on any atom is 0.239 e. The molecule has 1 heterocycles. The molecule has 1 aliphatic heterocycles. The highest BCUT2D eigenvalue weighted by atomic mass is 32.2. The van der Waals surface area contributed by atoms with Gasteiger partial charge in [-0.15, -0.1) is 0 Å². The fraction of sp³-hybridized carbons (Fsp3) is 0.667. The number of rotatable bonds is 7. The first-order valence-electron chi connectivity index (χ1n) is 10.3. The second-order valence-corrected chi connectivity index (χ2v) is 10.5. The fourth-order valence-electron chi connectivity index (χ4n) is 3.81. The van der Waals surface area contributed by atoms with Crippen molar-refractivity contribution in [1.29, 1.82) is 0 Å². The first kappa shape index (κ1) is 21.1. The number of piperazine rings is 1. The molecule has 3 rings (SSSR count). The van der Waals surface area contributed by atoms with E-state index < -0.39 is 15.8 Å². The molecular weight excluding hydrogens is 374 g/mol. The number of benzene rings is 1. The van der Waals surface area contributed by atoms with Crippen molar-refractivity contribution < 1.29 is 13.2 Å². The molecule has 2 fully saturated rings. The van der Waals surface area contributed by atoms with Crippen LogP contribution in [0, 0.1) is 12.8 Å². The van der Waals surface area contributed by atoms with Crippen LogP contribution in [0.5, 0.6) is 0 Å². The summed E-state index contributed by atoms with van der Waals surface area (Å²) < 4.78 is 27.3. The third kappa shape index (κ3) is 4.87. The van der Waals surface area contributed by atoms with Gasteiger partial charge in [0.2, 0.25) is 15.9 Å². The SMILES string of the molecule is Cc1cccc(N2CCN(S(=O)(=O)CC(=O)N(C3CC3)C(C)C(C)C)CC2)c1. The number of hydrogen-bond donors (Lipinski definition) is 0. The molecule has 7 heteroatoms. The van der Waals surface area contributed by atoms with E-state index in [4.69, 9.17) is 0 Å². The number of anilines is 1. The summed E-state index contributed by atoms with van der Waals surface area (Å²) >= 11 is 0. The van der Waals surface area contributed by atoms with Crippen molar-refractivity contribution in [2.45, 2.75) is 52.6 Å². The smallest absolute Gasteiger partial charge is 0.239 e. The third-order valence-electron chi connectivity index (χ3n) is 5.94. The van der Waals surface area contributed by atoms with E-state index in [1.165, 1.54) is 9.87 Å². The molecular formula is C21H33N3O3S. The first-order valence-corrected chi connectivity index (χ1v) is 11.9. The number of nitrogens with zero attached hydrogens (tertiary/aromatic N) is 3. The minimum atomic E-state index is -3.59. The van der Waals surface area contributed by atoms with Gasteiger partial charge in [0.15, 0.2) is 0 Å². The average molecular weight is 408 g/mol. The molecule has 1 saturated heterocycles. The highest BCUT2D eigenvalue weighted by Gasteiger charge is 2.39. The lowest BCUT2D eigenvalue weighted by Crippen LogP contribution is -2.52. The summed E-state index contributed by atoms with van der Waals surface area (Å²) in [4.78, 5) is 16.9. The minimum absolute atomic E-state index is 0.0633. The van der Waals surface area contributed by atoms with Crippen molar-refractivity contribution in [2.24, 2.45) is 5.92 Å². The molecule has 28 heavy (non-hydrogen) atoms. The second-order valence-electron chi connectivity index (χ2n) is 8.50. The maximum atomic E-state index is 12.9. The number of amides is 1. The predicted octanol–water partition coefficient (Wildman–Crippen LogP) is 2.48. The van der Waals surface area contributed by atoms with Crippen LogP contribution >= 0.6 is 0 Å². The van der Waals surface area contributed by atoms with E-state index in [0.717, 1.165) is 18.5 Å². The Bertz CT molecular complexity index is 797. The fourth-order valence-corrected chi connectivity index (χ4v) is 5.17. The van der Waals surface area contributed by atoms with Crippen LogP contribution in [0.2, 0.25) is 0 Å². The summed E-state index contributed by atoms with van der Waals surface area (Å²) in [6.07, 6.45) is 1.97. The average Bonchev–Trinajstić information content (AvgIpc) is 3.46. The molecule has 1 atom stereocenters. The van der Waals surface area contributed by atoms with E-state index in [2.05, 4.69) is 43.9 Å². The first-order chi connectivity index (χ1) is 13.2. The van der Waals surface area contributed by atoms with Gasteiger partial charge in [0.25, 0.3) is 0 Å². The predicted molar refractivity (Wildman–Crippen MR) is 113 cm³/mol. The van der Waals surface area contributed by atoms with Gasteiger partial charge < -0.3 is 9.80 Å². The molecule has 0 aromatic heterocycles. The summed E-state index contributed by atoms with van der Waals surface area (Å²) in [5.74, 6) is -0.347. The normalized spacial score (nSPS) is 19.7. The van der Waals surface area contributed by atoms with Gasteiger partial charge in [0, 0.05) is 44.0 Å². The van der Waals surface area contributed by atoms with Crippen molar-refractivity contribution >= 4 is 21.6 Å². The summed E-state index contributed by atoms with van der Waals surface area (Å²) in [5, 5.41) is 0. The Labute approximate surface area is 169 Å². The maximum absolute atomic E-state index is 12.9. The van der Waals surface area contributed by atoms with Crippen LogP contribution in [-0.4, -0.2) is 67.5 Å². The lowest BCUT2D eigenvalue weighted by Gasteiger charge is -2.36. The van der Waals surface area contributed by atoms with Gasteiger partial charge in [-0.25, -0.2) is 8.42 Å².